The first-order chi connectivity index (χ1) is 9.45. The first kappa shape index (κ1) is 15.6. The fourth-order valence-corrected chi connectivity index (χ4v) is 3.62. The number of hydrogen-bond donors (Lipinski definition) is 0. The van der Waals surface area contributed by atoms with Crippen LogP contribution in [0.15, 0.2) is 24.3 Å². The van der Waals surface area contributed by atoms with Crippen molar-refractivity contribution in [2.75, 3.05) is 13.6 Å². The van der Waals surface area contributed by atoms with Crippen LogP contribution >= 0.6 is 27.5 Å². The molecule has 2 rings (SSSR count). The van der Waals surface area contributed by atoms with E-state index in [9.17, 15) is 4.79 Å². The average Bonchev–Trinajstić information content (AvgIpc) is 2.35. The molecule has 1 aliphatic rings. The molecule has 1 fully saturated rings. The van der Waals surface area contributed by atoms with Gasteiger partial charge in [0.15, 0.2) is 6.10 Å². The molecule has 0 bridgehead atoms. The maximum Gasteiger partial charge on any atom is 0.263 e. The summed E-state index contributed by atoms with van der Waals surface area (Å²) in [6.45, 7) is 2.57. The molecule has 1 aliphatic carbocycles. The number of hydrogen-bond acceptors (Lipinski definition) is 2. The Morgan fingerprint density at radius 3 is 2.85 bits per heavy atom. The van der Waals surface area contributed by atoms with E-state index in [0.717, 1.165) is 19.4 Å². The van der Waals surface area contributed by atoms with E-state index >= 15 is 0 Å². The highest BCUT2D eigenvalue weighted by Gasteiger charge is 2.30. The molecule has 0 heterocycles. The Labute approximate surface area is 133 Å². The number of carbonyl (C=O) groups is 1. The molecule has 1 atom stereocenters. The summed E-state index contributed by atoms with van der Waals surface area (Å²) in [6.07, 6.45) is 1.78. The molecule has 1 saturated carbocycles. The van der Waals surface area contributed by atoms with Crippen LogP contribution in [0.3, 0.4) is 0 Å². The summed E-state index contributed by atoms with van der Waals surface area (Å²) in [5.41, 5.74) is 0. The highest BCUT2D eigenvalue weighted by Crippen LogP contribution is 2.33. The van der Waals surface area contributed by atoms with E-state index in [0.29, 0.717) is 21.5 Å². The molecule has 0 spiro atoms. The second-order valence-electron chi connectivity index (χ2n) is 5.37. The number of carbonyl (C=O) groups excluding carboxylic acids is 1. The second-order valence-corrected chi connectivity index (χ2v) is 7.10. The van der Waals surface area contributed by atoms with Crippen molar-refractivity contribution in [3.63, 3.8) is 0 Å². The summed E-state index contributed by atoms with van der Waals surface area (Å²) in [6, 6.07) is 7.10. The predicted octanol–water partition coefficient (Wildman–Crippen LogP) is 3.74. The Morgan fingerprint density at radius 1 is 1.55 bits per heavy atom. The van der Waals surface area contributed by atoms with Crippen LogP contribution in [0.4, 0.5) is 0 Å². The molecule has 3 nitrogen and oxygen atoms in total. The number of likely N-dealkylation sites (N-methyl/N-ethyl adjacent to an activating group) is 1. The topological polar surface area (TPSA) is 29.5 Å². The van der Waals surface area contributed by atoms with E-state index in [1.54, 1.807) is 30.0 Å². The average molecular weight is 361 g/mol. The maximum atomic E-state index is 12.2. The molecule has 1 unspecified atom stereocenters. The number of ether oxygens (including phenoxy) is 1. The fourth-order valence-electron chi connectivity index (χ4n) is 2.39. The lowest BCUT2D eigenvalue weighted by Gasteiger charge is -2.35. The lowest BCUT2D eigenvalue weighted by molar-refractivity contribution is -0.137. The van der Waals surface area contributed by atoms with Crippen molar-refractivity contribution in [2.45, 2.75) is 30.7 Å². The molecule has 20 heavy (non-hydrogen) atoms. The van der Waals surface area contributed by atoms with Crippen molar-refractivity contribution in [2.24, 2.45) is 5.92 Å². The summed E-state index contributed by atoms with van der Waals surface area (Å²) >= 11 is 9.47. The van der Waals surface area contributed by atoms with Crippen molar-refractivity contribution in [3.05, 3.63) is 29.3 Å². The SMILES string of the molecule is CC(Oc1cccc(Cl)c1)C(=O)N(C)CC1CC(Br)C1. The first-order valence-corrected chi connectivity index (χ1v) is 8.06. The minimum atomic E-state index is -0.502. The van der Waals surface area contributed by atoms with Crippen molar-refractivity contribution in [1.82, 2.24) is 4.90 Å². The summed E-state index contributed by atoms with van der Waals surface area (Å²) in [7, 11) is 1.84. The van der Waals surface area contributed by atoms with Gasteiger partial charge in [0, 0.05) is 23.4 Å². The number of alkyl halides is 1. The number of nitrogens with zero attached hydrogens (tertiary/aromatic N) is 1. The highest BCUT2D eigenvalue weighted by molar-refractivity contribution is 9.09. The van der Waals surface area contributed by atoms with E-state index in [2.05, 4.69) is 15.9 Å². The minimum absolute atomic E-state index is 0.00278. The van der Waals surface area contributed by atoms with E-state index in [1.165, 1.54) is 0 Å². The van der Waals surface area contributed by atoms with Gasteiger partial charge >= 0.3 is 0 Å². The summed E-state index contributed by atoms with van der Waals surface area (Å²) in [5.74, 6) is 1.23. The summed E-state index contributed by atoms with van der Waals surface area (Å²) in [4.78, 5) is 14.6. The Hall–Kier alpha value is -0.740. The molecule has 1 aromatic carbocycles. The summed E-state index contributed by atoms with van der Waals surface area (Å²) < 4.78 is 5.65. The predicted molar refractivity (Wildman–Crippen MR) is 84.6 cm³/mol. The van der Waals surface area contributed by atoms with Gasteiger partial charge in [-0.05, 0) is 43.9 Å². The van der Waals surface area contributed by atoms with Gasteiger partial charge in [0.05, 0.1) is 0 Å². The molecular weight excluding hydrogens is 342 g/mol. The zero-order chi connectivity index (χ0) is 14.7. The van der Waals surface area contributed by atoms with Crippen LogP contribution in [0, 0.1) is 5.92 Å². The van der Waals surface area contributed by atoms with Gasteiger partial charge < -0.3 is 9.64 Å². The first-order valence-electron chi connectivity index (χ1n) is 6.77. The van der Waals surface area contributed by atoms with E-state index in [-0.39, 0.29) is 5.91 Å². The molecule has 0 radical (unpaired) electrons. The van der Waals surface area contributed by atoms with E-state index < -0.39 is 6.10 Å². The Bertz CT molecular complexity index is 477. The van der Waals surface area contributed by atoms with Crippen LogP contribution in [0.5, 0.6) is 5.75 Å². The third kappa shape index (κ3) is 4.13. The fraction of sp³-hybridized carbons (Fsp3) is 0.533. The van der Waals surface area contributed by atoms with Crippen LogP contribution in [0.2, 0.25) is 5.02 Å². The Morgan fingerprint density at radius 2 is 2.25 bits per heavy atom. The van der Waals surface area contributed by atoms with Crippen molar-refractivity contribution < 1.29 is 9.53 Å². The second kappa shape index (κ2) is 6.81. The molecule has 1 aromatic rings. The third-order valence-corrected chi connectivity index (χ3v) is 4.53. The third-order valence-electron chi connectivity index (χ3n) is 3.54. The monoisotopic (exact) mass is 359 g/mol. The maximum absolute atomic E-state index is 12.2. The number of amides is 1. The summed E-state index contributed by atoms with van der Waals surface area (Å²) in [5, 5.41) is 0.605. The number of halogens is 2. The lowest BCUT2D eigenvalue weighted by atomic mass is 9.85. The number of rotatable bonds is 5. The molecule has 1 amide bonds. The number of benzene rings is 1. The molecule has 0 saturated heterocycles. The van der Waals surface area contributed by atoms with E-state index in [4.69, 9.17) is 16.3 Å². The highest BCUT2D eigenvalue weighted by atomic mass is 79.9. The minimum Gasteiger partial charge on any atom is -0.481 e. The van der Waals surface area contributed by atoms with Gasteiger partial charge in [-0.15, -0.1) is 0 Å². The normalized spacial score (nSPS) is 22.8. The van der Waals surface area contributed by atoms with Gasteiger partial charge in [-0.25, -0.2) is 0 Å². The van der Waals surface area contributed by atoms with Crippen LogP contribution in [-0.4, -0.2) is 35.3 Å². The standard InChI is InChI=1S/C15H19BrClNO2/c1-10(20-14-5-3-4-13(17)8-14)15(19)18(2)9-11-6-12(16)7-11/h3-5,8,10-12H,6-7,9H2,1-2H3. The molecular formula is C15H19BrClNO2. The van der Waals surface area contributed by atoms with Gasteiger partial charge in [-0.1, -0.05) is 33.6 Å². The van der Waals surface area contributed by atoms with Crippen molar-refractivity contribution in [3.8, 4) is 5.75 Å². The van der Waals surface area contributed by atoms with Crippen molar-refractivity contribution >= 4 is 33.4 Å². The van der Waals surface area contributed by atoms with Crippen LogP contribution in [0.25, 0.3) is 0 Å². The van der Waals surface area contributed by atoms with Crippen LogP contribution in [-0.2, 0) is 4.79 Å². The Kier molecular flexibility index (Phi) is 5.33. The zero-order valence-electron chi connectivity index (χ0n) is 11.7. The van der Waals surface area contributed by atoms with E-state index in [1.807, 2.05) is 13.1 Å². The molecule has 5 heteroatoms. The molecule has 0 aliphatic heterocycles. The lowest BCUT2D eigenvalue weighted by Crippen LogP contribution is -2.43. The zero-order valence-corrected chi connectivity index (χ0v) is 14.0. The molecule has 0 aromatic heterocycles. The van der Waals surface area contributed by atoms with Gasteiger partial charge in [0.2, 0.25) is 0 Å². The molecule has 0 N–H and O–H groups in total. The van der Waals surface area contributed by atoms with Gasteiger partial charge in [0.1, 0.15) is 5.75 Å². The van der Waals surface area contributed by atoms with Crippen LogP contribution < -0.4 is 4.74 Å². The van der Waals surface area contributed by atoms with Gasteiger partial charge in [-0.2, -0.15) is 0 Å². The van der Waals surface area contributed by atoms with Gasteiger partial charge in [0.25, 0.3) is 5.91 Å². The van der Waals surface area contributed by atoms with Gasteiger partial charge in [-0.3, -0.25) is 4.79 Å². The Balaban J connectivity index is 1.84. The largest absolute Gasteiger partial charge is 0.481 e. The quantitative estimate of drug-likeness (QED) is 0.749. The smallest absolute Gasteiger partial charge is 0.263 e. The van der Waals surface area contributed by atoms with Crippen LogP contribution in [0.1, 0.15) is 19.8 Å². The van der Waals surface area contributed by atoms with Crippen molar-refractivity contribution in [1.29, 1.82) is 0 Å². The molecule has 110 valence electrons.